The molecule has 1 aliphatic rings. The molecule has 2 rings (SSSR count). The topological polar surface area (TPSA) is 55.6 Å². The van der Waals surface area contributed by atoms with Crippen LogP contribution in [0.25, 0.3) is 0 Å². The molecule has 0 aliphatic heterocycles. The highest BCUT2D eigenvalue weighted by Crippen LogP contribution is 2.27. The van der Waals surface area contributed by atoms with Gasteiger partial charge in [-0.15, -0.1) is 0 Å². The Kier molecular flexibility index (Phi) is 4.43. The minimum absolute atomic E-state index is 0.00180. The summed E-state index contributed by atoms with van der Waals surface area (Å²) in [6, 6.07) is 7.51. The summed E-state index contributed by atoms with van der Waals surface area (Å²) in [5, 5.41) is 0. The molecule has 1 aliphatic carbocycles. The maximum absolute atomic E-state index is 12.5. The molecule has 4 nitrogen and oxygen atoms in total. The minimum atomic E-state index is -0.0409. The summed E-state index contributed by atoms with van der Waals surface area (Å²) >= 11 is 0. The van der Waals surface area contributed by atoms with Crippen LogP contribution in [-0.4, -0.2) is 26.1 Å². The molecule has 0 saturated heterocycles. The lowest BCUT2D eigenvalue weighted by Crippen LogP contribution is -2.44. The van der Waals surface area contributed by atoms with Crippen LogP contribution in [0.4, 0.5) is 5.69 Å². The van der Waals surface area contributed by atoms with Crippen LogP contribution in [0.3, 0.4) is 0 Å². The summed E-state index contributed by atoms with van der Waals surface area (Å²) in [5.74, 6) is 0.872. The second-order valence-electron chi connectivity index (χ2n) is 5.15. The first-order valence-electron chi connectivity index (χ1n) is 6.80. The summed E-state index contributed by atoms with van der Waals surface area (Å²) in [7, 11) is 3.44. The molecular weight excluding hydrogens is 240 g/mol. The SMILES string of the molecule is COc1ccc(N(C)C(=O)C2CCCCC2N)cc1. The lowest BCUT2D eigenvalue weighted by atomic mass is 9.84. The standard InChI is InChI=1S/C15H22N2O2/c1-17(11-7-9-12(19-2)10-8-11)15(18)13-5-3-4-6-14(13)16/h7-10,13-14H,3-6,16H2,1-2H3. The van der Waals surface area contributed by atoms with Crippen LogP contribution in [0.15, 0.2) is 24.3 Å². The molecule has 19 heavy (non-hydrogen) atoms. The predicted octanol–water partition coefficient (Wildman–Crippen LogP) is 2.18. The summed E-state index contributed by atoms with van der Waals surface area (Å²) in [6.07, 6.45) is 4.09. The molecule has 1 aromatic rings. The number of benzene rings is 1. The number of hydrogen-bond donors (Lipinski definition) is 1. The third-order valence-corrected chi connectivity index (χ3v) is 3.93. The van der Waals surface area contributed by atoms with E-state index in [-0.39, 0.29) is 17.9 Å². The zero-order valence-corrected chi connectivity index (χ0v) is 11.6. The first-order chi connectivity index (χ1) is 9.13. The van der Waals surface area contributed by atoms with E-state index < -0.39 is 0 Å². The fourth-order valence-corrected chi connectivity index (χ4v) is 2.65. The molecule has 2 N–H and O–H groups in total. The molecule has 2 unspecified atom stereocenters. The summed E-state index contributed by atoms with van der Waals surface area (Å²) in [4.78, 5) is 14.2. The molecule has 2 atom stereocenters. The average Bonchev–Trinajstić information content (AvgIpc) is 2.46. The fraction of sp³-hybridized carbons (Fsp3) is 0.533. The van der Waals surface area contributed by atoms with Crippen molar-refractivity contribution in [2.75, 3.05) is 19.1 Å². The van der Waals surface area contributed by atoms with Crippen LogP contribution in [0.1, 0.15) is 25.7 Å². The first-order valence-corrected chi connectivity index (χ1v) is 6.80. The molecule has 4 heteroatoms. The van der Waals surface area contributed by atoms with E-state index in [9.17, 15) is 4.79 Å². The van der Waals surface area contributed by atoms with Crippen LogP contribution in [0.5, 0.6) is 5.75 Å². The second-order valence-corrected chi connectivity index (χ2v) is 5.15. The fourth-order valence-electron chi connectivity index (χ4n) is 2.65. The van der Waals surface area contributed by atoms with Crippen LogP contribution in [-0.2, 0) is 4.79 Å². The van der Waals surface area contributed by atoms with Crippen LogP contribution >= 0.6 is 0 Å². The highest BCUT2D eigenvalue weighted by molar-refractivity contribution is 5.95. The number of carbonyl (C=O) groups is 1. The van der Waals surface area contributed by atoms with E-state index in [1.54, 1.807) is 12.0 Å². The van der Waals surface area contributed by atoms with Gasteiger partial charge in [-0.2, -0.15) is 0 Å². The normalized spacial score (nSPS) is 22.9. The van der Waals surface area contributed by atoms with E-state index in [0.717, 1.165) is 37.1 Å². The van der Waals surface area contributed by atoms with Gasteiger partial charge in [0, 0.05) is 18.8 Å². The molecule has 1 aromatic carbocycles. The van der Waals surface area contributed by atoms with Crippen molar-refractivity contribution < 1.29 is 9.53 Å². The van der Waals surface area contributed by atoms with Gasteiger partial charge in [-0.05, 0) is 37.1 Å². The number of hydrogen-bond acceptors (Lipinski definition) is 3. The number of ether oxygens (including phenoxy) is 1. The molecule has 104 valence electrons. The van der Waals surface area contributed by atoms with Gasteiger partial charge in [-0.25, -0.2) is 0 Å². The van der Waals surface area contributed by atoms with E-state index >= 15 is 0 Å². The Labute approximate surface area is 114 Å². The van der Waals surface area contributed by atoms with Crippen molar-refractivity contribution in [3.8, 4) is 5.75 Å². The summed E-state index contributed by atoms with van der Waals surface area (Å²) < 4.78 is 5.12. The molecule has 1 saturated carbocycles. The number of anilines is 1. The van der Waals surface area contributed by atoms with E-state index in [4.69, 9.17) is 10.5 Å². The van der Waals surface area contributed by atoms with Gasteiger partial charge >= 0.3 is 0 Å². The van der Waals surface area contributed by atoms with Gasteiger partial charge in [0.15, 0.2) is 0 Å². The Hall–Kier alpha value is -1.55. The van der Waals surface area contributed by atoms with E-state index in [1.807, 2.05) is 31.3 Å². The van der Waals surface area contributed by atoms with Gasteiger partial charge < -0.3 is 15.4 Å². The molecule has 0 heterocycles. The highest BCUT2D eigenvalue weighted by atomic mass is 16.5. The average molecular weight is 262 g/mol. The number of nitrogens with zero attached hydrogens (tertiary/aromatic N) is 1. The van der Waals surface area contributed by atoms with Crippen molar-refractivity contribution in [2.24, 2.45) is 11.7 Å². The van der Waals surface area contributed by atoms with Crippen LogP contribution in [0.2, 0.25) is 0 Å². The minimum Gasteiger partial charge on any atom is -0.497 e. The third-order valence-electron chi connectivity index (χ3n) is 3.93. The van der Waals surface area contributed by atoms with Gasteiger partial charge in [0.25, 0.3) is 0 Å². The van der Waals surface area contributed by atoms with Gasteiger partial charge in [0.05, 0.1) is 13.0 Å². The molecular formula is C15H22N2O2. The maximum Gasteiger partial charge on any atom is 0.231 e. The summed E-state index contributed by atoms with van der Waals surface area (Å²) in [6.45, 7) is 0. The predicted molar refractivity (Wildman–Crippen MR) is 76.3 cm³/mol. The number of rotatable bonds is 3. The highest BCUT2D eigenvalue weighted by Gasteiger charge is 2.30. The Morgan fingerprint density at radius 3 is 2.47 bits per heavy atom. The molecule has 0 radical (unpaired) electrons. The maximum atomic E-state index is 12.5. The molecule has 0 bridgehead atoms. The molecule has 1 fully saturated rings. The van der Waals surface area contributed by atoms with E-state index in [0.29, 0.717) is 0 Å². The van der Waals surface area contributed by atoms with E-state index in [1.165, 1.54) is 0 Å². The van der Waals surface area contributed by atoms with Gasteiger partial charge in [-0.1, -0.05) is 12.8 Å². The molecule has 1 amide bonds. The van der Waals surface area contributed by atoms with E-state index in [2.05, 4.69) is 0 Å². The van der Waals surface area contributed by atoms with Crippen molar-refractivity contribution in [1.82, 2.24) is 0 Å². The Bertz CT molecular complexity index is 430. The quantitative estimate of drug-likeness (QED) is 0.908. The lowest BCUT2D eigenvalue weighted by Gasteiger charge is -2.31. The molecule has 0 aromatic heterocycles. The Balaban J connectivity index is 2.08. The van der Waals surface area contributed by atoms with Crippen LogP contribution in [0, 0.1) is 5.92 Å². The smallest absolute Gasteiger partial charge is 0.231 e. The van der Waals surface area contributed by atoms with Crippen LogP contribution < -0.4 is 15.4 Å². The van der Waals surface area contributed by atoms with Crippen molar-refractivity contribution in [1.29, 1.82) is 0 Å². The first kappa shape index (κ1) is 13.9. The Morgan fingerprint density at radius 1 is 1.26 bits per heavy atom. The van der Waals surface area contributed by atoms with Crippen molar-refractivity contribution in [3.05, 3.63) is 24.3 Å². The van der Waals surface area contributed by atoms with Crippen molar-refractivity contribution >= 4 is 11.6 Å². The third kappa shape index (κ3) is 3.07. The van der Waals surface area contributed by atoms with Crippen molar-refractivity contribution in [2.45, 2.75) is 31.7 Å². The number of amides is 1. The van der Waals surface area contributed by atoms with Gasteiger partial charge in [0.2, 0.25) is 5.91 Å². The number of methoxy groups -OCH3 is 1. The number of nitrogens with two attached hydrogens (primary N) is 1. The molecule has 0 spiro atoms. The second kappa shape index (κ2) is 6.06. The van der Waals surface area contributed by atoms with Gasteiger partial charge in [0.1, 0.15) is 5.75 Å². The lowest BCUT2D eigenvalue weighted by molar-refractivity contribution is -0.123. The summed E-state index contributed by atoms with van der Waals surface area (Å²) in [5.41, 5.74) is 6.95. The number of carbonyl (C=O) groups excluding carboxylic acids is 1. The zero-order chi connectivity index (χ0) is 13.8. The zero-order valence-electron chi connectivity index (χ0n) is 11.6. The Morgan fingerprint density at radius 2 is 1.89 bits per heavy atom. The largest absolute Gasteiger partial charge is 0.497 e. The monoisotopic (exact) mass is 262 g/mol. The van der Waals surface area contributed by atoms with Crippen molar-refractivity contribution in [3.63, 3.8) is 0 Å². The van der Waals surface area contributed by atoms with Gasteiger partial charge in [-0.3, -0.25) is 4.79 Å².